The first kappa shape index (κ1) is 75.2. The molecule has 39 unspecified atom stereocenters. The van der Waals surface area contributed by atoms with Crippen molar-refractivity contribution in [1.82, 2.24) is 0 Å². The lowest BCUT2D eigenvalue weighted by molar-refractivity contribution is -0.377. The third kappa shape index (κ3) is 12.7. The van der Waals surface area contributed by atoms with Crippen molar-refractivity contribution in [2.45, 2.75) is 297 Å². The fraction of sp³-hybridized carbons (Fsp3) is 0.953. The van der Waals surface area contributed by atoms with Crippen molar-refractivity contribution in [3.63, 3.8) is 0 Å². The topological polar surface area (TPSA) is 512 Å². The zero-order valence-corrected chi connectivity index (χ0v) is 55.2. The first-order chi connectivity index (χ1) is 44.9. The molecule has 10 fully saturated rings. The van der Waals surface area contributed by atoms with Crippen molar-refractivity contribution in [3.05, 3.63) is 11.6 Å². The van der Waals surface area contributed by atoms with E-state index in [1.54, 1.807) is 6.92 Å². The molecule has 11 aliphatic rings. The van der Waals surface area contributed by atoms with Gasteiger partial charge in [-0.3, -0.25) is 4.79 Å². The van der Waals surface area contributed by atoms with Gasteiger partial charge in [0, 0.05) is 11.3 Å². The van der Waals surface area contributed by atoms with E-state index < -0.39 is 268 Å². The van der Waals surface area contributed by atoms with Gasteiger partial charge in [0.2, 0.25) is 6.29 Å². The Kier molecular flexibility index (Phi) is 21.8. The number of rotatable bonds is 15. The van der Waals surface area contributed by atoms with Crippen LogP contribution in [-0.4, -0.2) is 326 Å². The Labute approximate surface area is 555 Å². The number of esters is 1. The lowest BCUT2D eigenvalue weighted by Gasteiger charge is -2.72. The van der Waals surface area contributed by atoms with Crippen LogP contribution in [0, 0.1) is 50.2 Å². The smallest absolute Gasteiger partial charge is 0.315 e. The minimum Gasteiger partial charge on any atom is -0.432 e. The fourth-order valence-corrected chi connectivity index (χ4v) is 19.1. The predicted octanol–water partition coefficient (Wildman–Crippen LogP) is -6.14. The molecule has 5 aliphatic carbocycles. The van der Waals surface area contributed by atoms with Crippen LogP contribution in [0.15, 0.2) is 11.6 Å². The molecule has 6 heterocycles. The normalized spacial score (nSPS) is 55.9. The molecule has 0 radical (unpaired) electrons. The largest absolute Gasteiger partial charge is 0.432 e. The van der Waals surface area contributed by atoms with Gasteiger partial charge in [-0.2, -0.15) is 0 Å². The van der Waals surface area contributed by atoms with Gasteiger partial charge < -0.3 is 154 Å². The van der Waals surface area contributed by atoms with Crippen LogP contribution < -0.4 is 0 Å². The molecule has 4 saturated carbocycles. The van der Waals surface area contributed by atoms with Gasteiger partial charge in [-0.1, -0.05) is 53.2 Å². The Balaban J connectivity index is 0.783. The monoisotopic (exact) mass is 1380 g/mol. The highest BCUT2D eigenvalue weighted by Crippen LogP contribution is 2.76. The van der Waals surface area contributed by atoms with Crippen LogP contribution in [0.5, 0.6) is 0 Å². The fourth-order valence-electron chi connectivity index (χ4n) is 19.1. The van der Waals surface area contributed by atoms with Gasteiger partial charge in [-0.15, -0.1) is 0 Å². The highest BCUT2D eigenvalue weighted by atomic mass is 16.8. The van der Waals surface area contributed by atoms with E-state index in [4.69, 9.17) is 56.8 Å². The van der Waals surface area contributed by atoms with Crippen LogP contribution in [0.25, 0.3) is 0 Å². The molecular formula is C64H104O32. The Hall–Kier alpha value is -1.99. The number of aliphatic hydroxyl groups excluding tert-OH is 19. The maximum absolute atomic E-state index is 15.5. The Bertz CT molecular complexity index is 2720. The van der Waals surface area contributed by atoms with Crippen molar-refractivity contribution in [2.75, 3.05) is 33.0 Å². The van der Waals surface area contributed by atoms with Gasteiger partial charge in [0.25, 0.3) is 0 Å². The van der Waals surface area contributed by atoms with Crippen LogP contribution in [0.4, 0.5) is 0 Å². The highest BCUT2D eigenvalue weighted by molar-refractivity contribution is 5.79. The molecule has 0 bridgehead atoms. The molecule has 19 N–H and O–H groups in total. The van der Waals surface area contributed by atoms with Crippen LogP contribution in [0.2, 0.25) is 0 Å². The van der Waals surface area contributed by atoms with Crippen molar-refractivity contribution in [1.29, 1.82) is 0 Å². The summed E-state index contributed by atoms with van der Waals surface area (Å²) in [5.41, 5.74) is -4.32. The number of hydrogen-bond donors (Lipinski definition) is 19. The van der Waals surface area contributed by atoms with Crippen LogP contribution >= 0.6 is 0 Å². The summed E-state index contributed by atoms with van der Waals surface area (Å²) in [4.78, 5) is 15.5. The van der Waals surface area contributed by atoms with Crippen molar-refractivity contribution in [3.8, 4) is 0 Å². The number of carbonyl (C=O) groups is 1. The van der Waals surface area contributed by atoms with Crippen molar-refractivity contribution < 1.29 is 159 Å². The van der Waals surface area contributed by atoms with Gasteiger partial charge in [-0.25, -0.2) is 0 Å². The quantitative estimate of drug-likeness (QED) is 0.0412. The lowest BCUT2D eigenvalue weighted by Crippen LogP contribution is -2.72. The molecule has 552 valence electrons. The summed E-state index contributed by atoms with van der Waals surface area (Å²) in [6, 6.07) is 0. The van der Waals surface area contributed by atoms with Gasteiger partial charge in [0.1, 0.15) is 116 Å². The molecule has 96 heavy (non-hydrogen) atoms. The van der Waals surface area contributed by atoms with E-state index in [1.165, 1.54) is 13.8 Å². The third-order valence-corrected chi connectivity index (χ3v) is 24.7. The second kappa shape index (κ2) is 27.9. The lowest BCUT2D eigenvalue weighted by atomic mass is 9.33. The van der Waals surface area contributed by atoms with E-state index in [2.05, 4.69) is 33.8 Å². The van der Waals surface area contributed by atoms with E-state index in [-0.39, 0.29) is 30.6 Å². The molecule has 0 aromatic heterocycles. The van der Waals surface area contributed by atoms with Gasteiger partial charge in [-0.05, 0) is 98.7 Å². The van der Waals surface area contributed by atoms with E-state index >= 15 is 4.79 Å². The van der Waals surface area contributed by atoms with Crippen molar-refractivity contribution in [2.24, 2.45) is 50.2 Å². The van der Waals surface area contributed by atoms with Crippen LogP contribution in [0.1, 0.15) is 107 Å². The zero-order valence-electron chi connectivity index (χ0n) is 55.2. The summed E-state index contributed by atoms with van der Waals surface area (Å²) in [6.45, 7) is 12.0. The molecule has 0 aromatic rings. The zero-order chi connectivity index (χ0) is 70.2. The molecular weight excluding hydrogens is 1280 g/mol. The van der Waals surface area contributed by atoms with Gasteiger partial charge >= 0.3 is 5.97 Å². The maximum Gasteiger partial charge on any atom is 0.315 e. The first-order valence-electron chi connectivity index (χ1n) is 33.7. The number of hydrogen-bond acceptors (Lipinski definition) is 32. The Morgan fingerprint density at radius 2 is 1.05 bits per heavy atom. The number of allylic oxidation sites excluding steroid dienone is 2. The molecule has 11 rings (SSSR count). The third-order valence-electron chi connectivity index (χ3n) is 24.7. The SMILES string of the molecule is CC1OC(OC2C(O)COC(OC3C(C)OC(OC4C(OC(=O)C56CCC(C)(C)CC5C5=CCC7C8(C)CC(O)C(OC9OC(COC%10OC(CO)C(O)C(O)C%10O)C(O)C(O)C9O)C(C)(CO)C8C(O)CC7(C)C5(C)CC6)OCC(O)C4O)C(O)C3O)C2O)C(O)C(O)C1O. The average Bonchev–Trinajstić information content (AvgIpc) is 0.669. The minimum absolute atomic E-state index is 0.0195. The van der Waals surface area contributed by atoms with E-state index in [1.807, 2.05) is 6.92 Å². The summed E-state index contributed by atoms with van der Waals surface area (Å²) in [5, 5.41) is 210. The first-order valence-corrected chi connectivity index (χ1v) is 33.7. The number of fused-ring (bicyclic) bond motifs is 7. The molecule has 0 aromatic carbocycles. The molecule has 6 aliphatic heterocycles. The number of ether oxygens (including phenoxy) is 12. The average molecular weight is 1390 g/mol. The molecule has 0 amide bonds. The summed E-state index contributed by atoms with van der Waals surface area (Å²) >= 11 is 0. The molecule has 32 nitrogen and oxygen atoms in total. The minimum atomic E-state index is -1.98. The molecule has 6 saturated heterocycles. The Morgan fingerprint density at radius 1 is 0.500 bits per heavy atom. The molecule has 0 spiro atoms. The molecule has 32 heteroatoms. The standard InChI is InChI=1S/C64H104O32/c1-23-34(71)38(75)43(80)54(88-23)93-48-30(70)20-85-53(46(48)83)92-47-24(2)89-55(45(82)41(47)78)94-49-35(72)29(69)19-86-57(49)96-58(84)64-13-11-59(3,4)15-26(64)25-9-10-33-60(5)16-28(68)51(61(6,22-66)50(60)27(67)17-63(33,8)62(25,7)12-14-64)95-56-44(81)40(77)37(74)32(91-56)21-87-52-42(79)39(76)36(73)31(18-65)90-52/h9,23-24,26-57,65-83H,10-22H2,1-8H3. The highest BCUT2D eigenvalue weighted by Gasteiger charge is 2.74. The summed E-state index contributed by atoms with van der Waals surface area (Å²) in [6.07, 6.45) is -45.3. The second-order valence-electron chi connectivity index (χ2n) is 31.2. The molecule has 39 atom stereocenters. The Morgan fingerprint density at radius 3 is 1.71 bits per heavy atom. The van der Waals surface area contributed by atoms with Crippen molar-refractivity contribution >= 4 is 5.97 Å². The van der Waals surface area contributed by atoms with E-state index in [9.17, 15) is 97.0 Å². The van der Waals surface area contributed by atoms with Crippen LogP contribution in [0.3, 0.4) is 0 Å². The maximum atomic E-state index is 15.5. The summed E-state index contributed by atoms with van der Waals surface area (Å²) in [7, 11) is 0. The summed E-state index contributed by atoms with van der Waals surface area (Å²) in [5.74, 6) is -2.16. The van der Waals surface area contributed by atoms with Crippen LogP contribution in [-0.2, 0) is 61.6 Å². The van der Waals surface area contributed by atoms with Gasteiger partial charge in [0.05, 0.1) is 69.0 Å². The predicted molar refractivity (Wildman–Crippen MR) is 317 cm³/mol. The number of carbonyl (C=O) groups excluding carboxylic acids is 1. The van der Waals surface area contributed by atoms with Gasteiger partial charge in [0.15, 0.2) is 37.6 Å². The second-order valence-corrected chi connectivity index (χ2v) is 31.2. The van der Waals surface area contributed by atoms with E-state index in [0.717, 1.165) is 5.57 Å². The van der Waals surface area contributed by atoms with E-state index in [0.29, 0.717) is 32.1 Å². The number of aliphatic hydroxyl groups is 19. The summed E-state index contributed by atoms with van der Waals surface area (Å²) < 4.78 is 70.7.